The lowest BCUT2D eigenvalue weighted by Gasteiger charge is -2.24. The number of fused-ring (bicyclic) bond motifs is 1. The van der Waals surface area contributed by atoms with Crippen LogP contribution in [0.3, 0.4) is 0 Å². The summed E-state index contributed by atoms with van der Waals surface area (Å²) in [6, 6.07) is 8.87. The first-order valence-corrected chi connectivity index (χ1v) is 9.22. The molecule has 1 saturated heterocycles. The molecule has 2 aromatic rings. The van der Waals surface area contributed by atoms with Crippen LogP contribution in [-0.4, -0.2) is 46.9 Å². The SMILES string of the molecule is Cc1c(C(=O)N2CCc3ccccc3CC2)cnn1C1CCOCC1. The van der Waals surface area contributed by atoms with Crippen molar-refractivity contribution in [2.45, 2.75) is 38.6 Å². The van der Waals surface area contributed by atoms with E-state index in [2.05, 4.69) is 29.4 Å². The van der Waals surface area contributed by atoms with Gasteiger partial charge in [0.1, 0.15) is 0 Å². The minimum absolute atomic E-state index is 0.114. The van der Waals surface area contributed by atoms with Crippen molar-refractivity contribution < 1.29 is 9.53 Å². The second-order valence-corrected chi connectivity index (χ2v) is 6.99. The first-order valence-electron chi connectivity index (χ1n) is 9.22. The van der Waals surface area contributed by atoms with Crippen LogP contribution in [0.4, 0.5) is 0 Å². The lowest BCUT2D eigenvalue weighted by molar-refractivity contribution is 0.0655. The van der Waals surface area contributed by atoms with Crippen LogP contribution in [0.25, 0.3) is 0 Å². The van der Waals surface area contributed by atoms with Crippen LogP contribution in [0.1, 0.15) is 46.1 Å². The Hall–Kier alpha value is -2.14. The van der Waals surface area contributed by atoms with Crippen molar-refractivity contribution in [3.63, 3.8) is 0 Å². The maximum absolute atomic E-state index is 13.1. The van der Waals surface area contributed by atoms with E-state index in [1.165, 1.54) is 11.1 Å². The van der Waals surface area contributed by atoms with Gasteiger partial charge in [-0.2, -0.15) is 5.10 Å². The van der Waals surface area contributed by atoms with E-state index in [0.717, 1.165) is 63.2 Å². The number of ether oxygens (including phenoxy) is 1. The number of carbonyl (C=O) groups is 1. The summed E-state index contributed by atoms with van der Waals surface area (Å²) in [4.78, 5) is 15.1. The van der Waals surface area contributed by atoms with Crippen LogP contribution in [0.2, 0.25) is 0 Å². The summed E-state index contributed by atoms with van der Waals surface area (Å²) in [7, 11) is 0. The molecular weight excluding hydrogens is 314 g/mol. The number of aromatic nitrogens is 2. The highest BCUT2D eigenvalue weighted by molar-refractivity contribution is 5.95. The second kappa shape index (κ2) is 7.00. The van der Waals surface area contributed by atoms with Crippen molar-refractivity contribution >= 4 is 5.91 Å². The summed E-state index contributed by atoms with van der Waals surface area (Å²) in [6.45, 7) is 5.12. The van der Waals surface area contributed by atoms with Gasteiger partial charge in [0.2, 0.25) is 0 Å². The first-order chi connectivity index (χ1) is 12.2. The molecule has 1 fully saturated rings. The number of carbonyl (C=O) groups excluding carboxylic acids is 1. The highest BCUT2D eigenvalue weighted by Crippen LogP contribution is 2.24. The fourth-order valence-electron chi connectivity index (χ4n) is 3.97. The van der Waals surface area contributed by atoms with Crippen LogP contribution in [-0.2, 0) is 17.6 Å². The van der Waals surface area contributed by atoms with Gasteiger partial charge in [-0.25, -0.2) is 0 Å². The molecule has 2 aliphatic heterocycles. The van der Waals surface area contributed by atoms with Gasteiger partial charge in [-0.15, -0.1) is 0 Å². The van der Waals surface area contributed by atoms with Gasteiger partial charge in [0.05, 0.1) is 17.8 Å². The van der Waals surface area contributed by atoms with Crippen molar-refractivity contribution in [3.05, 3.63) is 52.8 Å². The summed E-state index contributed by atoms with van der Waals surface area (Å²) in [5.41, 5.74) is 4.47. The van der Waals surface area contributed by atoms with Gasteiger partial charge >= 0.3 is 0 Å². The third-order valence-corrected chi connectivity index (χ3v) is 5.52. The zero-order chi connectivity index (χ0) is 17.2. The zero-order valence-electron chi connectivity index (χ0n) is 14.8. The summed E-state index contributed by atoms with van der Waals surface area (Å²) in [6.07, 6.45) is 5.54. The average Bonchev–Trinajstić information content (AvgIpc) is 2.90. The largest absolute Gasteiger partial charge is 0.381 e. The van der Waals surface area contributed by atoms with E-state index in [4.69, 9.17) is 4.74 Å². The number of benzene rings is 1. The molecule has 0 atom stereocenters. The summed E-state index contributed by atoms with van der Waals surface area (Å²) in [5.74, 6) is 0.114. The Kier molecular flexibility index (Phi) is 4.57. The van der Waals surface area contributed by atoms with Gasteiger partial charge < -0.3 is 9.64 Å². The Bertz CT molecular complexity index is 735. The smallest absolute Gasteiger partial charge is 0.257 e. The Balaban J connectivity index is 1.51. The van der Waals surface area contributed by atoms with Crippen molar-refractivity contribution in [2.75, 3.05) is 26.3 Å². The van der Waals surface area contributed by atoms with Crippen molar-refractivity contribution in [3.8, 4) is 0 Å². The van der Waals surface area contributed by atoms with Gasteiger partial charge in [-0.05, 0) is 43.7 Å². The highest BCUT2D eigenvalue weighted by atomic mass is 16.5. The first kappa shape index (κ1) is 16.3. The molecule has 132 valence electrons. The van der Waals surface area contributed by atoms with Crippen LogP contribution < -0.4 is 0 Å². The molecule has 2 aliphatic rings. The van der Waals surface area contributed by atoms with E-state index in [1.54, 1.807) is 6.20 Å². The summed E-state index contributed by atoms with van der Waals surface area (Å²) < 4.78 is 7.47. The van der Waals surface area contributed by atoms with Gasteiger partial charge in [0.25, 0.3) is 5.91 Å². The normalized spacial score (nSPS) is 18.7. The van der Waals surface area contributed by atoms with Crippen molar-refractivity contribution in [2.24, 2.45) is 0 Å². The molecule has 0 radical (unpaired) electrons. The number of nitrogens with zero attached hydrogens (tertiary/aromatic N) is 3. The molecular formula is C20H25N3O2. The Labute approximate surface area is 148 Å². The Morgan fingerprint density at radius 2 is 1.76 bits per heavy atom. The summed E-state index contributed by atoms with van der Waals surface area (Å²) >= 11 is 0. The molecule has 1 aromatic carbocycles. The monoisotopic (exact) mass is 339 g/mol. The molecule has 25 heavy (non-hydrogen) atoms. The number of amides is 1. The predicted octanol–water partition coefficient (Wildman–Crippen LogP) is 2.78. The highest BCUT2D eigenvalue weighted by Gasteiger charge is 2.25. The third-order valence-electron chi connectivity index (χ3n) is 5.52. The molecule has 0 unspecified atom stereocenters. The molecule has 1 amide bonds. The molecule has 5 heteroatoms. The summed E-state index contributed by atoms with van der Waals surface area (Å²) in [5, 5.41) is 4.53. The molecule has 5 nitrogen and oxygen atoms in total. The quantitative estimate of drug-likeness (QED) is 0.845. The van der Waals surface area contributed by atoms with E-state index < -0.39 is 0 Å². The molecule has 3 heterocycles. The van der Waals surface area contributed by atoms with Crippen LogP contribution >= 0.6 is 0 Å². The molecule has 0 bridgehead atoms. The molecule has 0 N–H and O–H groups in total. The zero-order valence-corrected chi connectivity index (χ0v) is 14.8. The molecule has 4 rings (SSSR count). The second-order valence-electron chi connectivity index (χ2n) is 6.99. The molecule has 0 spiro atoms. The van der Waals surface area contributed by atoms with Gasteiger partial charge in [0, 0.05) is 32.0 Å². The van der Waals surface area contributed by atoms with E-state index >= 15 is 0 Å². The number of hydrogen-bond donors (Lipinski definition) is 0. The maximum atomic E-state index is 13.1. The molecule has 1 aromatic heterocycles. The van der Waals surface area contributed by atoms with Crippen LogP contribution in [0.15, 0.2) is 30.5 Å². The Morgan fingerprint density at radius 1 is 1.12 bits per heavy atom. The van der Waals surface area contributed by atoms with E-state index in [1.807, 2.05) is 16.5 Å². The fraction of sp³-hybridized carbons (Fsp3) is 0.500. The van der Waals surface area contributed by atoms with Crippen molar-refractivity contribution in [1.29, 1.82) is 0 Å². The molecule has 0 aliphatic carbocycles. The maximum Gasteiger partial charge on any atom is 0.257 e. The van der Waals surface area contributed by atoms with Crippen molar-refractivity contribution in [1.82, 2.24) is 14.7 Å². The van der Waals surface area contributed by atoms with E-state index in [9.17, 15) is 4.79 Å². The minimum atomic E-state index is 0.114. The third kappa shape index (κ3) is 3.21. The lowest BCUT2D eigenvalue weighted by Crippen LogP contribution is -2.33. The Morgan fingerprint density at radius 3 is 2.40 bits per heavy atom. The van der Waals surface area contributed by atoms with E-state index in [0.29, 0.717) is 6.04 Å². The lowest BCUT2D eigenvalue weighted by atomic mass is 10.0. The number of rotatable bonds is 2. The number of hydrogen-bond acceptors (Lipinski definition) is 3. The van der Waals surface area contributed by atoms with Gasteiger partial charge in [-0.1, -0.05) is 24.3 Å². The topological polar surface area (TPSA) is 47.4 Å². The standard InChI is InChI=1S/C20H25N3O2/c1-15-19(14-21-23(15)18-8-12-25-13-9-18)20(24)22-10-6-16-4-2-3-5-17(16)7-11-22/h2-5,14,18H,6-13H2,1H3. The minimum Gasteiger partial charge on any atom is -0.381 e. The molecule has 0 saturated carbocycles. The van der Waals surface area contributed by atoms with E-state index in [-0.39, 0.29) is 5.91 Å². The van der Waals surface area contributed by atoms with Crippen LogP contribution in [0.5, 0.6) is 0 Å². The predicted molar refractivity (Wildman–Crippen MR) is 95.8 cm³/mol. The van der Waals surface area contributed by atoms with Gasteiger partial charge in [0.15, 0.2) is 0 Å². The average molecular weight is 339 g/mol. The van der Waals surface area contributed by atoms with Crippen LogP contribution in [0, 0.1) is 6.92 Å². The van der Waals surface area contributed by atoms with Gasteiger partial charge in [-0.3, -0.25) is 9.48 Å². The fourth-order valence-corrected chi connectivity index (χ4v) is 3.97.